The van der Waals surface area contributed by atoms with Crippen LogP contribution in [0.2, 0.25) is 5.02 Å². The van der Waals surface area contributed by atoms with Crippen molar-refractivity contribution in [2.24, 2.45) is 0 Å². The lowest BCUT2D eigenvalue weighted by atomic mass is 10.1. The van der Waals surface area contributed by atoms with E-state index >= 15 is 0 Å². The van der Waals surface area contributed by atoms with Crippen LogP contribution in [0.1, 0.15) is 32.6 Å². The SMILES string of the molecule is CC(=O)Nc1ccccc1O[C@H]1CC[C@@H](N2CCCC2Oc2ccc(Cl)cc2)[C@@H]1O. The molecule has 160 valence electrons. The first-order chi connectivity index (χ1) is 14.5. The normalized spacial score (nSPS) is 26.5. The van der Waals surface area contributed by atoms with Gasteiger partial charge in [0.2, 0.25) is 5.91 Å². The van der Waals surface area contributed by atoms with Gasteiger partial charge in [0.1, 0.15) is 23.7 Å². The van der Waals surface area contributed by atoms with Crippen LogP contribution in [-0.2, 0) is 4.79 Å². The number of anilines is 1. The highest BCUT2D eigenvalue weighted by molar-refractivity contribution is 6.30. The second kappa shape index (κ2) is 9.25. The molecule has 1 unspecified atom stereocenters. The third-order valence-electron chi connectivity index (χ3n) is 5.75. The molecule has 0 bridgehead atoms. The average Bonchev–Trinajstić information content (AvgIpc) is 3.31. The lowest BCUT2D eigenvalue weighted by molar-refractivity contribution is -0.114. The third-order valence-corrected chi connectivity index (χ3v) is 6.00. The molecule has 7 heteroatoms. The summed E-state index contributed by atoms with van der Waals surface area (Å²) in [6, 6.07) is 14.7. The second-order valence-electron chi connectivity index (χ2n) is 7.88. The summed E-state index contributed by atoms with van der Waals surface area (Å²) in [6.07, 6.45) is 2.47. The maximum Gasteiger partial charge on any atom is 0.221 e. The Morgan fingerprint density at radius 1 is 1.10 bits per heavy atom. The van der Waals surface area contributed by atoms with Gasteiger partial charge in [-0.05, 0) is 62.1 Å². The lowest BCUT2D eigenvalue weighted by Crippen LogP contribution is -2.48. The molecule has 1 saturated carbocycles. The smallest absolute Gasteiger partial charge is 0.221 e. The number of para-hydroxylation sites is 2. The van der Waals surface area contributed by atoms with Crippen LogP contribution in [0.25, 0.3) is 0 Å². The van der Waals surface area contributed by atoms with E-state index in [2.05, 4.69) is 10.2 Å². The van der Waals surface area contributed by atoms with Crippen molar-refractivity contribution in [1.29, 1.82) is 0 Å². The number of amides is 1. The molecular weight excluding hydrogens is 404 g/mol. The molecule has 1 amide bonds. The van der Waals surface area contributed by atoms with Crippen molar-refractivity contribution >= 4 is 23.2 Å². The third kappa shape index (κ3) is 4.72. The van der Waals surface area contributed by atoms with E-state index < -0.39 is 6.10 Å². The van der Waals surface area contributed by atoms with Gasteiger partial charge in [-0.3, -0.25) is 9.69 Å². The number of aliphatic hydroxyl groups excluding tert-OH is 1. The Kier molecular flexibility index (Phi) is 6.46. The van der Waals surface area contributed by atoms with Crippen LogP contribution in [-0.4, -0.2) is 46.9 Å². The molecule has 0 spiro atoms. The number of aliphatic hydroxyl groups is 1. The fraction of sp³-hybridized carbons (Fsp3) is 0.435. The Hall–Kier alpha value is -2.28. The summed E-state index contributed by atoms with van der Waals surface area (Å²) in [5, 5.41) is 14.5. The van der Waals surface area contributed by atoms with Crippen LogP contribution in [0, 0.1) is 0 Å². The zero-order valence-electron chi connectivity index (χ0n) is 17.0. The van der Waals surface area contributed by atoms with Crippen molar-refractivity contribution in [3.8, 4) is 11.5 Å². The van der Waals surface area contributed by atoms with Gasteiger partial charge in [-0.15, -0.1) is 0 Å². The molecule has 4 rings (SSSR count). The molecule has 0 aromatic heterocycles. The van der Waals surface area contributed by atoms with Crippen LogP contribution < -0.4 is 14.8 Å². The highest BCUT2D eigenvalue weighted by Gasteiger charge is 2.44. The number of carbonyl (C=O) groups excluding carboxylic acids is 1. The predicted molar refractivity (Wildman–Crippen MR) is 116 cm³/mol. The molecule has 1 aliphatic heterocycles. The number of rotatable bonds is 6. The number of ether oxygens (including phenoxy) is 2. The molecule has 2 aromatic carbocycles. The predicted octanol–water partition coefficient (Wildman–Crippen LogP) is 4.07. The molecule has 6 nitrogen and oxygen atoms in total. The summed E-state index contributed by atoms with van der Waals surface area (Å²) in [6.45, 7) is 2.35. The molecule has 0 radical (unpaired) electrons. The number of carbonyl (C=O) groups is 1. The monoisotopic (exact) mass is 430 g/mol. The molecule has 2 fully saturated rings. The average molecular weight is 431 g/mol. The van der Waals surface area contributed by atoms with Crippen molar-refractivity contribution in [2.75, 3.05) is 11.9 Å². The van der Waals surface area contributed by atoms with Crippen molar-refractivity contribution in [1.82, 2.24) is 4.90 Å². The van der Waals surface area contributed by atoms with Crippen LogP contribution in [0.3, 0.4) is 0 Å². The molecule has 1 saturated heterocycles. The van der Waals surface area contributed by atoms with Gasteiger partial charge >= 0.3 is 0 Å². The van der Waals surface area contributed by atoms with Crippen molar-refractivity contribution in [2.45, 2.75) is 57.1 Å². The van der Waals surface area contributed by atoms with Gasteiger partial charge in [-0.1, -0.05) is 23.7 Å². The molecule has 2 aliphatic rings. The van der Waals surface area contributed by atoms with E-state index in [1.807, 2.05) is 42.5 Å². The van der Waals surface area contributed by atoms with Gasteiger partial charge in [-0.25, -0.2) is 0 Å². The first-order valence-electron chi connectivity index (χ1n) is 10.4. The first-order valence-corrected chi connectivity index (χ1v) is 10.8. The second-order valence-corrected chi connectivity index (χ2v) is 8.31. The summed E-state index contributed by atoms with van der Waals surface area (Å²) >= 11 is 5.97. The number of nitrogens with zero attached hydrogens (tertiary/aromatic N) is 1. The van der Waals surface area contributed by atoms with Crippen molar-refractivity contribution in [3.05, 3.63) is 53.6 Å². The van der Waals surface area contributed by atoms with E-state index in [1.54, 1.807) is 6.07 Å². The minimum absolute atomic E-state index is 0.0253. The molecular formula is C23H27ClN2O4. The Balaban J connectivity index is 1.42. The van der Waals surface area contributed by atoms with E-state index in [0.717, 1.165) is 38.0 Å². The number of halogens is 1. The quantitative estimate of drug-likeness (QED) is 0.722. The van der Waals surface area contributed by atoms with Gasteiger partial charge in [-0.2, -0.15) is 0 Å². The van der Waals surface area contributed by atoms with Gasteiger partial charge in [0.05, 0.1) is 5.69 Å². The Morgan fingerprint density at radius 3 is 2.63 bits per heavy atom. The molecule has 2 aromatic rings. The maximum atomic E-state index is 11.5. The number of hydrogen-bond donors (Lipinski definition) is 2. The highest BCUT2D eigenvalue weighted by atomic mass is 35.5. The standard InChI is InChI=1S/C23H27ClN2O4/c1-15(27)25-18-5-2-3-6-20(18)30-21-13-12-19(23(21)28)26-14-4-7-22(26)29-17-10-8-16(24)9-11-17/h2-3,5-6,8-11,19,21-23,28H,4,7,12-14H2,1H3,(H,25,27)/t19-,21+,22?,23+/m1/s1. The zero-order valence-corrected chi connectivity index (χ0v) is 17.7. The minimum atomic E-state index is -0.634. The number of hydrogen-bond acceptors (Lipinski definition) is 5. The lowest BCUT2D eigenvalue weighted by Gasteiger charge is -2.33. The van der Waals surface area contributed by atoms with Crippen LogP contribution in [0.5, 0.6) is 11.5 Å². The fourth-order valence-corrected chi connectivity index (χ4v) is 4.50. The van der Waals surface area contributed by atoms with Crippen molar-refractivity contribution < 1.29 is 19.4 Å². The summed E-state index contributed by atoms with van der Waals surface area (Å²) in [5.74, 6) is 1.20. The summed E-state index contributed by atoms with van der Waals surface area (Å²) in [5.41, 5.74) is 0.616. The Labute approximate surface area is 181 Å². The Morgan fingerprint density at radius 2 is 1.87 bits per heavy atom. The molecule has 4 atom stereocenters. The van der Waals surface area contributed by atoms with E-state index in [1.165, 1.54) is 6.92 Å². The molecule has 1 heterocycles. The Bertz CT molecular complexity index is 876. The fourth-order valence-electron chi connectivity index (χ4n) is 4.37. The topological polar surface area (TPSA) is 71.0 Å². The summed E-state index contributed by atoms with van der Waals surface area (Å²) in [4.78, 5) is 13.7. The van der Waals surface area contributed by atoms with E-state index in [4.69, 9.17) is 21.1 Å². The molecule has 1 aliphatic carbocycles. The van der Waals surface area contributed by atoms with E-state index in [-0.39, 0.29) is 24.3 Å². The van der Waals surface area contributed by atoms with Gasteiger partial charge in [0.15, 0.2) is 6.23 Å². The van der Waals surface area contributed by atoms with E-state index in [9.17, 15) is 9.90 Å². The summed E-state index contributed by atoms with van der Waals surface area (Å²) < 4.78 is 12.3. The van der Waals surface area contributed by atoms with E-state index in [0.29, 0.717) is 16.5 Å². The van der Waals surface area contributed by atoms with Gasteiger partial charge in [0, 0.05) is 24.5 Å². The number of benzene rings is 2. The van der Waals surface area contributed by atoms with Gasteiger partial charge in [0.25, 0.3) is 0 Å². The molecule has 30 heavy (non-hydrogen) atoms. The number of likely N-dealkylation sites (tertiary alicyclic amines) is 1. The molecule has 2 N–H and O–H groups in total. The zero-order chi connectivity index (χ0) is 21.1. The largest absolute Gasteiger partial charge is 0.485 e. The van der Waals surface area contributed by atoms with Gasteiger partial charge < -0.3 is 19.9 Å². The first kappa shape index (κ1) is 21.0. The highest BCUT2D eigenvalue weighted by Crippen LogP contribution is 2.35. The van der Waals surface area contributed by atoms with Crippen molar-refractivity contribution in [3.63, 3.8) is 0 Å². The van der Waals surface area contributed by atoms with Crippen LogP contribution in [0.15, 0.2) is 48.5 Å². The van der Waals surface area contributed by atoms with Crippen LogP contribution >= 0.6 is 11.6 Å². The minimum Gasteiger partial charge on any atom is -0.485 e. The number of nitrogens with one attached hydrogen (secondary N) is 1. The maximum absolute atomic E-state index is 11.5. The van der Waals surface area contributed by atoms with Crippen LogP contribution in [0.4, 0.5) is 5.69 Å². The summed E-state index contributed by atoms with van der Waals surface area (Å²) in [7, 11) is 0.